The van der Waals surface area contributed by atoms with Crippen molar-refractivity contribution in [1.29, 1.82) is 0 Å². The van der Waals surface area contributed by atoms with E-state index in [9.17, 15) is 14.7 Å². The first kappa shape index (κ1) is 18.3. The van der Waals surface area contributed by atoms with Crippen LogP contribution in [-0.4, -0.2) is 37.9 Å². The molecule has 2 heterocycles. The number of aryl methyl sites for hydroxylation is 1. The number of pyridine rings is 1. The molecule has 1 amide bonds. The predicted octanol–water partition coefficient (Wildman–Crippen LogP) is 1.44. The Hall–Kier alpha value is -3.06. The number of hydrogen-bond donors (Lipinski definition) is 2. The maximum absolute atomic E-state index is 13.1. The number of benzene rings is 1. The number of rotatable bonds is 5. The van der Waals surface area contributed by atoms with Crippen LogP contribution in [0.25, 0.3) is 10.8 Å². The van der Waals surface area contributed by atoms with Crippen molar-refractivity contribution in [3.8, 4) is 0 Å². The van der Waals surface area contributed by atoms with Gasteiger partial charge in [0.25, 0.3) is 11.5 Å². The second-order valence-corrected chi connectivity index (χ2v) is 7.35. The molecule has 2 aromatic heterocycles. The molecular weight excluding hydrogens is 356 g/mol. The molecule has 0 saturated heterocycles. The second kappa shape index (κ2) is 7.52. The molecule has 7 nitrogen and oxygen atoms in total. The summed E-state index contributed by atoms with van der Waals surface area (Å²) in [6.45, 7) is 0. The topological polar surface area (TPSA) is 97.1 Å². The van der Waals surface area contributed by atoms with Gasteiger partial charge in [0.1, 0.15) is 0 Å². The summed E-state index contributed by atoms with van der Waals surface area (Å²) >= 11 is 0. The number of aliphatic hydroxyl groups is 1. The van der Waals surface area contributed by atoms with E-state index >= 15 is 0 Å². The number of carbonyl (C=O) groups excluding carboxylic acids is 1. The first-order valence-corrected chi connectivity index (χ1v) is 9.37. The molecule has 0 radical (unpaired) electrons. The fourth-order valence-corrected chi connectivity index (χ4v) is 3.77. The normalized spacial score (nSPS) is 19.8. The van der Waals surface area contributed by atoms with Crippen molar-refractivity contribution in [2.75, 3.05) is 0 Å². The first-order chi connectivity index (χ1) is 13.5. The molecule has 1 aliphatic carbocycles. The summed E-state index contributed by atoms with van der Waals surface area (Å²) in [6.07, 6.45) is 5.13. The number of fused-ring (bicyclic) bond motifs is 1. The molecule has 1 aromatic carbocycles. The van der Waals surface area contributed by atoms with Crippen molar-refractivity contribution in [2.45, 2.75) is 31.4 Å². The maximum Gasteiger partial charge on any atom is 0.274 e. The van der Waals surface area contributed by atoms with E-state index in [-0.39, 0.29) is 35.2 Å². The van der Waals surface area contributed by atoms with Crippen molar-refractivity contribution in [3.63, 3.8) is 0 Å². The third-order valence-electron chi connectivity index (χ3n) is 5.41. The number of aromatic nitrogens is 3. The Kier molecular flexibility index (Phi) is 4.92. The molecule has 28 heavy (non-hydrogen) atoms. The van der Waals surface area contributed by atoms with Crippen LogP contribution in [0.15, 0.2) is 53.6 Å². The van der Waals surface area contributed by atoms with Gasteiger partial charge in [-0.15, -0.1) is 0 Å². The minimum atomic E-state index is -0.313. The fourth-order valence-electron chi connectivity index (χ4n) is 3.77. The number of carbonyl (C=O) groups is 1. The van der Waals surface area contributed by atoms with Gasteiger partial charge in [0.05, 0.1) is 11.5 Å². The Morgan fingerprint density at radius 1 is 1.21 bits per heavy atom. The molecule has 1 saturated carbocycles. The van der Waals surface area contributed by atoms with Crippen molar-refractivity contribution in [2.24, 2.45) is 13.0 Å². The Labute approximate surface area is 162 Å². The molecule has 1 aliphatic rings. The van der Waals surface area contributed by atoms with Crippen LogP contribution in [0.2, 0.25) is 0 Å². The maximum atomic E-state index is 13.1. The highest BCUT2D eigenvalue weighted by Crippen LogP contribution is 2.32. The van der Waals surface area contributed by atoms with Gasteiger partial charge in [0.15, 0.2) is 5.69 Å². The fraction of sp³-hybridized carbons (Fsp3) is 0.333. The van der Waals surface area contributed by atoms with Gasteiger partial charge in [-0.25, -0.2) is 4.68 Å². The zero-order valence-corrected chi connectivity index (χ0v) is 15.6. The highest BCUT2D eigenvalue weighted by molar-refractivity contribution is 6.04. The Morgan fingerprint density at radius 3 is 2.57 bits per heavy atom. The van der Waals surface area contributed by atoms with E-state index in [0.717, 1.165) is 5.56 Å². The van der Waals surface area contributed by atoms with E-state index in [1.807, 2.05) is 12.1 Å². The summed E-state index contributed by atoms with van der Waals surface area (Å²) < 4.78 is 1.20. The summed E-state index contributed by atoms with van der Waals surface area (Å²) in [5, 5.41) is 18.0. The van der Waals surface area contributed by atoms with Gasteiger partial charge in [0, 0.05) is 30.9 Å². The monoisotopic (exact) mass is 378 g/mol. The standard InChI is InChI=1S/C21H22N4O3/c1-25-21(28)17-5-3-2-4-16(17)19(24-25)20(27)23-18(14-11-15(26)12-14)10-13-6-8-22-9-7-13/h2-9,14-15,18,26H,10-12H2,1H3,(H,23,27)/t14?,15?,18-/m1/s1. The Bertz CT molecular complexity index is 1060. The zero-order chi connectivity index (χ0) is 19.7. The van der Waals surface area contributed by atoms with Gasteiger partial charge in [-0.05, 0) is 48.9 Å². The molecular formula is C21H22N4O3. The molecule has 7 heteroatoms. The minimum absolute atomic E-state index is 0.129. The second-order valence-electron chi connectivity index (χ2n) is 7.35. The van der Waals surface area contributed by atoms with Gasteiger partial charge >= 0.3 is 0 Å². The minimum Gasteiger partial charge on any atom is -0.393 e. The van der Waals surface area contributed by atoms with Gasteiger partial charge in [0.2, 0.25) is 0 Å². The predicted molar refractivity (Wildman–Crippen MR) is 105 cm³/mol. The van der Waals surface area contributed by atoms with Crippen LogP contribution in [0, 0.1) is 5.92 Å². The average molecular weight is 378 g/mol. The molecule has 2 N–H and O–H groups in total. The lowest BCUT2D eigenvalue weighted by atomic mass is 9.75. The quantitative estimate of drug-likeness (QED) is 0.700. The van der Waals surface area contributed by atoms with Crippen LogP contribution < -0.4 is 10.9 Å². The van der Waals surface area contributed by atoms with Gasteiger partial charge in [-0.3, -0.25) is 14.6 Å². The molecule has 1 atom stereocenters. The van der Waals surface area contributed by atoms with E-state index in [1.165, 1.54) is 4.68 Å². The zero-order valence-electron chi connectivity index (χ0n) is 15.6. The highest BCUT2D eigenvalue weighted by Gasteiger charge is 2.35. The highest BCUT2D eigenvalue weighted by atomic mass is 16.3. The van der Waals surface area contributed by atoms with E-state index < -0.39 is 0 Å². The van der Waals surface area contributed by atoms with Crippen LogP contribution in [0.1, 0.15) is 28.9 Å². The number of aliphatic hydroxyl groups excluding tert-OH is 1. The lowest BCUT2D eigenvalue weighted by Crippen LogP contribution is -2.48. The summed E-state index contributed by atoms with van der Waals surface area (Å²) in [5.74, 6) is -0.113. The van der Waals surface area contributed by atoms with Gasteiger partial charge in [-0.2, -0.15) is 5.10 Å². The van der Waals surface area contributed by atoms with Crippen LogP contribution >= 0.6 is 0 Å². The average Bonchev–Trinajstić information content (AvgIpc) is 2.68. The van der Waals surface area contributed by atoms with Crippen LogP contribution in [0.4, 0.5) is 0 Å². The lowest BCUT2D eigenvalue weighted by Gasteiger charge is -2.38. The summed E-state index contributed by atoms with van der Waals surface area (Å²) in [7, 11) is 1.54. The number of hydrogen-bond acceptors (Lipinski definition) is 5. The van der Waals surface area contributed by atoms with Crippen molar-refractivity contribution in [1.82, 2.24) is 20.1 Å². The van der Waals surface area contributed by atoms with Crippen molar-refractivity contribution >= 4 is 16.7 Å². The van der Waals surface area contributed by atoms with Crippen molar-refractivity contribution in [3.05, 3.63) is 70.4 Å². The first-order valence-electron chi connectivity index (χ1n) is 9.37. The summed E-state index contributed by atoms with van der Waals surface area (Å²) in [6, 6.07) is 10.7. The van der Waals surface area contributed by atoms with Gasteiger partial charge in [-0.1, -0.05) is 18.2 Å². The third kappa shape index (κ3) is 3.53. The number of nitrogens with zero attached hydrogens (tertiary/aromatic N) is 3. The number of nitrogens with one attached hydrogen (secondary N) is 1. The molecule has 3 aromatic rings. The van der Waals surface area contributed by atoms with Gasteiger partial charge < -0.3 is 10.4 Å². The number of amides is 1. The molecule has 0 bridgehead atoms. The summed E-state index contributed by atoms with van der Waals surface area (Å²) in [5.41, 5.74) is 1.07. The Morgan fingerprint density at radius 2 is 1.89 bits per heavy atom. The van der Waals surface area contributed by atoms with Crippen molar-refractivity contribution < 1.29 is 9.90 Å². The molecule has 144 valence electrons. The van der Waals surface area contributed by atoms with E-state index in [2.05, 4.69) is 15.4 Å². The SMILES string of the molecule is Cn1nc(C(=O)N[C@H](Cc2ccncc2)C2CC(O)C2)c2ccccc2c1=O. The molecule has 0 spiro atoms. The molecule has 4 rings (SSSR count). The molecule has 0 aliphatic heterocycles. The molecule has 1 fully saturated rings. The Balaban J connectivity index is 1.64. The smallest absolute Gasteiger partial charge is 0.274 e. The molecule has 0 unspecified atom stereocenters. The largest absolute Gasteiger partial charge is 0.393 e. The van der Waals surface area contributed by atoms with E-state index in [1.54, 1.807) is 43.7 Å². The summed E-state index contributed by atoms with van der Waals surface area (Å²) in [4.78, 5) is 29.4. The third-order valence-corrected chi connectivity index (χ3v) is 5.41. The van der Waals surface area contributed by atoms with Crippen LogP contribution in [0.5, 0.6) is 0 Å². The van der Waals surface area contributed by atoms with E-state index in [0.29, 0.717) is 30.0 Å². The van der Waals surface area contributed by atoms with Crippen LogP contribution in [0.3, 0.4) is 0 Å². The lowest BCUT2D eigenvalue weighted by molar-refractivity contribution is 0.0239. The van der Waals surface area contributed by atoms with E-state index in [4.69, 9.17) is 0 Å². The van der Waals surface area contributed by atoms with Crippen LogP contribution in [-0.2, 0) is 13.5 Å².